The quantitative estimate of drug-likeness (QED) is 0.403. The number of piperidine rings is 1. The first-order chi connectivity index (χ1) is 12.7. The number of aliphatic imine (C=N–C) groups is 1. The number of hydrogen-bond acceptors (Lipinski definition) is 3. The molecule has 0 aromatic heterocycles. The number of hydrogen-bond donors (Lipinski definition) is 1. The van der Waals surface area contributed by atoms with E-state index in [4.69, 9.17) is 4.74 Å². The number of morpholine rings is 1. The van der Waals surface area contributed by atoms with Gasteiger partial charge in [-0.15, -0.1) is 24.0 Å². The van der Waals surface area contributed by atoms with E-state index in [1.807, 2.05) is 7.05 Å². The second-order valence-electron chi connectivity index (χ2n) is 7.67. The maximum absolute atomic E-state index is 5.56. The first-order valence-corrected chi connectivity index (χ1v) is 10.0. The summed E-state index contributed by atoms with van der Waals surface area (Å²) in [5, 5.41) is 3.66. The van der Waals surface area contributed by atoms with Gasteiger partial charge in [-0.3, -0.25) is 9.89 Å². The molecular formula is C21H35IN4O. The molecule has 0 spiro atoms. The van der Waals surface area contributed by atoms with Crippen LogP contribution in [0.15, 0.2) is 29.3 Å². The number of rotatable bonds is 4. The van der Waals surface area contributed by atoms with Gasteiger partial charge in [0.2, 0.25) is 0 Å². The zero-order valence-corrected chi connectivity index (χ0v) is 19.3. The van der Waals surface area contributed by atoms with Gasteiger partial charge in [0.05, 0.1) is 19.3 Å². The molecule has 2 saturated heterocycles. The molecule has 1 aromatic rings. The van der Waals surface area contributed by atoms with Gasteiger partial charge in [0.25, 0.3) is 0 Å². The molecule has 1 N–H and O–H groups in total. The van der Waals surface area contributed by atoms with Gasteiger partial charge in [-0.25, -0.2) is 0 Å². The molecule has 2 fully saturated rings. The summed E-state index contributed by atoms with van der Waals surface area (Å²) >= 11 is 0. The van der Waals surface area contributed by atoms with Crippen LogP contribution in [0.2, 0.25) is 0 Å². The highest BCUT2D eigenvalue weighted by Crippen LogP contribution is 2.22. The Morgan fingerprint density at radius 3 is 2.37 bits per heavy atom. The highest BCUT2D eigenvalue weighted by Gasteiger charge is 2.24. The Kier molecular flexibility index (Phi) is 9.32. The van der Waals surface area contributed by atoms with Crippen molar-refractivity contribution in [1.82, 2.24) is 15.1 Å². The van der Waals surface area contributed by atoms with Gasteiger partial charge in [0, 0.05) is 39.8 Å². The van der Waals surface area contributed by atoms with E-state index in [0.717, 1.165) is 57.8 Å². The lowest BCUT2D eigenvalue weighted by atomic mass is 9.99. The minimum atomic E-state index is 0. The lowest BCUT2D eigenvalue weighted by Gasteiger charge is -2.37. The van der Waals surface area contributed by atoms with Crippen LogP contribution in [0.4, 0.5) is 0 Å². The van der Waals surface area contributed by atoms with Crippen LogP contribution in [-0.2, 0) is 4.74 Å². The predicted molar refractivity (Wildman–Crippen MR) is 123 cm³/mol. The van der Waals surface area contributed by atoms with Crippen LogP contribution in [0.25, 0.3) is 0 Å². The molecule has 2 aliphatic rings. The zero-order valence-electron chi connectivity index (χ0n) is 17.0. The van der Waals surface area contributed by atoms with E-state index >= 15 is 0 Å². The van der Waals surface area contributed by atoms with Crippen molar-refractivity contribution in [3.8, 4) is 0 Å². The van der Waals surface area contributed by atoms with Crippen molar-refractivity contribution < 1.29 is 4.74 Å². The molecule has 6 heteroatoms. The van der Waals surface area contributed by atoms with E-state index in [1.54, 1.807) is 0 Å². The van der Waals surface area contributed by atoms with E-state index in [0.29, 0.717) is 6.04 Å². The van der Waals surface area contributed by atoms with Crippen LogP contribution in [0.5, 0.6) is 0 Å². The Hall–Kier alpha value is -0.860. The Balaban J connectivity index is 0.00000261. The smallest absolute Gasteiger partial charge is 0.193 e. The fourth-order valence-corrected chi connectivity index (χ4v) is 3.88. The number of nitrogens with one attached hydrogen (secondary N) is 1. The maximum atomic E-state index is 5.56. The molecule has 5 nitrogen and oxygen atoms in total. The molecule has 152 valence electrons. The molecule has 1 aromatic carbocycles. The molecular weight excluding hydrogens is 451 g/mol. The Labute approximate surface area is 181 Å². The molecule has 2 heterocycles. The monoisotopic (exact) mass is 486 g/mol. The number of benzene rings is 1. The third-order valence-corrected chi connectivity index (χ3v) is 5.70. The van der Waals surface area contributed by atoms with Crippen molar-refractivity contribution >= 4 is 29.9 Å². The standard InChI is InChI=1S/C21H34N4O.HI/c1-17-4-6-19(7-5-17)20(24-12-14-26-15-13-24)16-23-21(22-3)25-10-8-18(2)9-11-25;/h4-7,18,20H,8-16H2,1-3H3,(H,22,23);1H. The van der Waals surface area contributed by atoms with E-state index < -0.39 is 0 Å². The van der Waals surface area contributed by atoms with Crippen molar-refractivity contribution in [2.45, 2.75) is 32.7 Å². The average Bonchev–Trinajstić information content (AvgIpc) is 2.68. The molecule has 0 amide bonds. The minimum absolute atomic E-state index is 0. The number of likely N-dealkylation sites (tertiary alicyclic amines) is 1. The topological polar surface area (TPSA) is 40.1 Å². The number of aryl methyl sites for hydroxylation is 1. The summed E-state index contributed by atoms with van der Waals surface area (Å²) in [7, 11) is 1.90. The van der Waals surface area contributed by atoms with Gasteiger partial charge < -0.3 is 15.0 Å². The van der Waals surface area contributed by atoms with E-state index in [9.17, 15) is 0 Å². The van der Waals surface area contributed by atoms with Gasteiger partial charge in [0.1, 0.15) is 0 Å². The van der Waals surface area contributed by atoms with Crippen LogP contribution < -0.4 is 5.32 Å². The van der Waals surface area contributed by atoms with E-state index in [2.05, 4.69) is 58.2 Å². The van der Waals surface area contributed by atoms with Gasteiger partial charge >= 0.3 is 0 Å². The molecule has 1 atom stereocenters. The molecule has 1 unspecified atom stereocenters. The molecule has 0 radical (unpaired) electrons. The van der Waals surface area contributed by atoms with Crippen molar-refractivity contribution in [1.29, 1.82) is 0 Å². The summed E-state index contributed by atoms with van der Waals surface area (Å²) in [4.78, 5) is 9.49. The summed E-state index contributed by atoms with van der Waals surface area (Å²) in [6.07, 6.45) is 2.51. The van der Waals surface area contributed by atoms with Gasteiger partial charge in [-0.2, -0.15) is 0 Å². The fraction of sp³-hybridized carbons (Fsp3) is 0.667. The minimum Gasteiger partial charge on any atom is -0.379 e. The van der Waals surface area contributed by atoms with Gasteiger partial charge in [-0.05, 0) is 31.2 Å². The number of nitrogens with zero attached hydrogens (tertiary/aromatic N) is 3. The van der Waals surface area contributed by atoms with Crippen LogP contribution in [0.3, 0.4) is 0 Å². The van der Waals surface area contributed by atoms with E-state index in [-0.39, 0.29) is 24.0 Å². The Morgan fingerprint density at radius 2 is 1.78 bits per heavy atom. The fourth-order valence-electron chi connectivity index (χ4n) is 3.88. The third kappa shape index (κ3) is 6.32. The molecule has 0 saturated carbocycles. The second kappa shape index (κ2) is 11.2. The van der Waals surface area contributed by atoms with Crippen LogP contribution in [-0.4, -0.2) is 68.7 Å². The van der Waals surface area contributed by atoms with Gasteiger partial charge in [0.15, 0.2) is 5.96 Å². The molecule has 3 rings (SSSR count). The molecule has 27 heavy (non-hydrogen) atoms. The molecule has 0 aliphatic carbocycles. The SMILES string of the molecule is CN=C(NCC(c1ccc(C)cc1)N1CCOCC1)N1CCC(C)CC1.I. The molecule has 0 bridgehead atoms. The largest absolute Gasteiger partial charge is 0.379 e. The number of guanidine groups is 1. The summed E-state index contributed by atoms with van der Waals surface area (Å²) in [6.45, 7) is 11.2. The third-order valence-electron chi connectivity index (χ3n) is 5.70. The van der Waals surface area contributed by atoms with Crippen LogP contribution in [0.1, 0.15) is 36.9 Å². The first kappa shape index (κ1) is 22.4. The summed E-state index contributed by atoms with van der Waals surface area (Å²) in [6, 6.07) is 9.30. The summed E-state index contributed by atoms with van der Waals surface area (Å²) < 4.78 is 5.56. The van der Waals surface area contributed by atoms with Gasteiger partial charge in [-0.1, -0.05) is 36.8 Å². The average molecular weight is 486 g/mol. The van der Waals surface area contributed by atoms with Crippen LogP contribution in [0, 0.1) is 12.8 Å². The lowest BCUT2D eigenvalue weighted by molar-refractivity contribution is 0.0168. The van der Waals surface area contributed by atoms with Crippen molar-refractivity contribution in [2.24, 2.45) is 10.9 Å². The molecule has 2 aliphatic heterocycles. The van der Waals surface area contributed by atoms with E-state index in [1.165, 1.54) is 24.0 Å². The van der Waals surface area contributed by atoms with Crippen molar-refractivity contribution in [3.05, 3.63) is 35.4 Å². The van der Waals surface area contributed by atoms with Crippen LogP contribution >= 0.6 is 24.0 Å². The highest BCUT2D eigenvalue weighted by molar-refractivity contribution is 14.0. The second-order valence-corrected chi connectivity index (χ2v) is 7.67. The summed E-state index contributed by atoms with van der Waals surface area (Å²) in [5.41, 5.74) is 2.67. The lowest BCUT2D eigenvalue weighted by Crippen LogP contribution is -2.49. The Morgan fingerprint density at radius 1 is 1.15 bits per heavy atom. The maximum Gasteiger partial charge on any atom is 0.193 e. The number of halogens is 1. The predicted octanol–water partition coefficient (Wildman–Crippen LogP) is 3.29. The summed E-state index contributed by atoms with van der Waals surface area (Å²) in [5.74, 6) is 1.88. The van der Waals surface area contributed by atoms with Crippen molar-refractivity contribution in [2.75, 3.05) is 53.0 Å². The highest BCUT2D eigenvalue weighted by atomic mass is 127. The number of ether oxygens (including phenoxy) is 1. The Bertz CT molecular complexity index is 578. The van der Waals surface area contributed by atoms with Crippen molar-refractivity contribution in [3.63, 3.8) is 0 Å². The zero-order chi connectivity index (χ0) is 18.4. The normalized spacial score (nSPS) is 20.9. The first-order valence-electron chi connectivity index (χ1n) is 10.0.